The summed E-state index contributed by atoms with van der Waals surface area (Å²) in [7, 11) is 0. The number of hydrogen-bond donors (Lipinski definition) is 1. The molecule has 1 aliphatic rings. The van der Waals surface area contributed by atoms with Crippen LogP contribution in [-0.4, -0.2) is 11.1 Å². The van der Waals surface area contributed by atoms with Crippen LogP contribution in [0.3, 0.4) is 0 Å². The molecule has 2 N–H and O–H groups in total. The Balaban J connectivity index is 2.23. The van der Waals surface area contributed by atoms with E-state index in [1.165, 1.54) is 16.8 Å². The van der Waals surface area contributed by atoms with Gasteiger partial charge in [-0.1, -0.05) is 23.7 Å². The van der Waals surface area contributed by atoms with E-state index in [0.717, 1.165) is 17.0 Å². The largest absolute Gasteiger partial charge is 0.330 e. The lowest BCUT2D eigenvalue weighted by molar-refractivity contribution is 1.01. The van der Waals surface area contributed by atoms with Crippen LogP contribution in [0.15, 0.2) is 42.6 Å². The van der Waals surface area contributed by atoms with Crippen LogP contribution in [0.4, 0.5) is 0 Å². The number of hydrogen-bond acceptors (Lipinski definition) is 1. The smallest absolute Gasteiger partial charge is 0.0525 e. The third-order valence-electron chi connectivity index (χ3n) is 3.29. The summed E-state index contributed by atoms with van der Waals surface area (Å²) in [4.78, 5) is 0. The molecule has 0 amide bonds. The summed E-state index contributed by atoms with van der Waals surface area (Å²) in [6.07, 6.45) is 9.28. The Labute approximate surface area is 117 Å². The van der Waals surface area contributed by atoms with E-state index in [2.05, 4.69) is 41.2 Å². The van der Waals surface area contributed by atoms with E-state index in [4.69, 9.17) is 17.3 Å². The lowest BCUT2D eigenvalue weighted by atomic mass is 9.97. The van der Waals surface area contributed by atoms with Crippen LogP contribution in [0.25, 0.3) is 17.8 Å². The molecule has 1 aromatic carbocycles. The zero-order chi connectivity index (χ0) is 13.2. The van der Waals surface area contributed by atoms with Crippen molar-refractivity contribution in [3.8, 4) is 0 Å². The second-order valence-corrected chi connectivity index (χ2v) is 4.98. The molecular formula is C16H15ClN2. The fraction of sp³-hybridized carbons (Fsp3) is 0.125. The Morgan fingerprint density at radius 2 is 2.16 bits per heavy atom. The summed E-state index contributed by atoms with van der Waals surface area (Å²) in [6.45, 7) is 0.646. The lowest BCUT2D eigenvalue weighted by Gasteiger charge is -2.10. The van der Waals surface area contributed by atoms with Crippen molar-refractivity contribution in [2.75, 3.05) is 6.54 Å². The molecule has 1 aromatic heterocycles. The Morgan fingerprint density at radius 1 is 1.26 bits per heavy atom. The van der Waals surface area contributed by atoms with E-state index in [0.29, 0.717) is 6.54 Å². The van der Waals surface area contributed by atoms with Crippen molar-refractivity contribution in [2.24, 2.45) is 5.73 Å². The van der Waals surface area contributed by atoms with Crippen molar-refractivity contribution in [2.45, 2.75) is 6.42 Å². The molecule has 0 aliphatic carbocycles. The van der Waals surface area contributed by atoms with Crippen LogP contribution < -0.4 is 5.73 Å². The minimum Gasteiger partial charge on any atom is -0.330 e. The van der Waals surface area contributed by atoms with E-state index < -0.39 is 0 Å². The first kappa shape index (κ1) is 12.3. The van der Waals surface area contributed by atoms with Gasteiger partial charge in [0.25, 0.3) is 0 Å². The number of nitrogens with two attached hydrogens (primary N) is 1. The molecule has 0 saturated carbocycles. The zero-order valence-corrected chi connectivity index (χ0v) is 11.3. The first-order valence-corrected chi connectivity index (χ1v) is 6.73. The van der Waals surface area contributed by atoms with E-state index in [1.54, 1.807) is 0 Å². The highest BCUT2D eigenvalue weighted by Crippen LogP contribution is 2.32. The van der Waals surface area contributed by atoms with Gasteiger partial charge in [-0.25, -0.2) is 0 Å². The van der Waals surface area contributed by atoms with Gasteiger partial charge in [-0.2, -0.15) is 0 Å². The molecule has 0 radical (unpaired) electrons. The van der Waals surface area contributed by atoms with Crippen LogP contribution in [0.1, 0.15) is 23.2 Å². The lowest BCUT2D eigenvalue weighted by Crippen LogP contribution is -1.99. The third kappa shape index (κ3) is 2.25. The van der Waals surface area contributed by atoms with Crippen LogP contribution in [-0.2, 0) is 0 Å². The normalized spacial score (nSPS) is 15.2. The molecule has 2 aromatic rings. The average molecular weight is 271 g/mol. The first-order chi connectivity index (χ1) is 9.29. The van der Waals surface area contributed by atoms with Gasteiger partial charge >= 0.3 is 0 Å². The highest BCUT2D eigenvalue weighted by Gasteiger charge is 2.14. The summed E-state index contributed by atoms with van der Waals surface area (Å²) in [5.41, 5.74) is 10.3. The van der Waals surface area contributed by atoms with Crippen molar-refractivity contribution in [3.05, 3.63) is 64.4 Å². The van der Waals surface area contributed by atoms with E-state index >= 15 is 0 Å². The molecule has 3 heteroatoms. The van der Waals surface area contributed by atoms with Crippen molar-refractivity contribution < 1.29 is 0 Å². The molecule has 0 spiro atoms. The van der Waals surface area contributed by atoms with Crippen LogP contribution in [0.2, 0.25) is 5.02 Å². The first-order valence-electron chi connectivity index (χ1n) is 6.35. The fourth-order valence-corrected chi connectivity index (χ4v) is 2.57. The molecule has 1 aliphatic heterocycles. The molecule has 0 saturated heterocycles. The average Bonchev–Trinajstić information content (AvgIpc) is 2.82. The molecule has 2 heterocycles. The second kappa shape index (κ2) is 5.08. The van der Waals surface area contributed by atoms with Crippen molar-refractivity contribution in [3.63, 3.8) is 0 Å². The quantitative estimate of drug-likeness (QED) is 0.753. The zero-order valence-electron chi connectivity index (χ0n) is 10.5. The van der Waals surface area contributed by atoms with Gasteiger partial charge in [-0.05, 0) is 54.4 Å². The minimum atomic E-state index is 0.646. The Morgan fingerprint density at radius 3 is 3.00 bits per heavy atom. The Hall–Kier alpha value is -1.77. The molecule has 19 heavy (non-hydrogen) atoms. The van der Waals surface area contributed by atoms with Gasteiger partial charge in [-0.3, -0.25) is 0 Å². The van der Waals surface area contributed by atoms with E-state index in [1.807, 2.05) is 18.2 Å². The number of halogens is 1. The summed E-state index contributed by atoms with van der Waals surface area (Å²) < 4.78 is 2.12. The predicted molar refractivity (Wildman–Crippen MR) is 81.9 cm³/mol. The van der Waals surface area contributed by atoms with Crippen molar-refractivity contribution in [1.29, 1.82) is 0 Å². The molecule has 0 atom stereocenters. The van der Waals surface area contributed by atoms with Gasteiger partial charge in [0, 0.05) is 23.0 Å². The molecular weight excluding hydrogens is 256 g/mol. The summed E-state index contributed by atoms with van der Waals surface area (Å²) >= 11 is 6.15. The summed E-state index contributed by atoms with van der Waals surface area (Å²) in [6, 6.07) is 10.2. The summed E-state index contributed by atoms with van der Waals surface area (Å²) in [5.74, 6) is 0. The maximum Gasteiger partial charge on any atom is 0.0525 e. The molecule has 0 bridgehead atoms. The van der Waals surface area contributed by atoms with Crippen molar-refractivity contribution >= 4 is 29.5 Å². The van der Waals surface area contributed by atoms with Gasteiger partial charge < -0.3 is 10.3 Å². The molecule has 96 valence electrons. The monoisotopic (exact) mass is 270 g/mol. The van der Waals surface area contributed by atoms with E-state index in [9.17, 15) is 0 Å². The van der Waals surface area contributed by atoms with Gasteiger partial charge in [0.05, 0.1) is 5.69 Å². The van der Waals surface area contributed by atoms with Gasteiger partial charge in [0.15, 0.2) is 0 Å². The second-order valence-electron chi connectivity index (χ2n) is 4.54. The van der Waals surface area contributed by atoms with Crippen LogP contribution >= 0.6 is 11.6 Å². The van der Waals surface area contributed by atoms with Gasteiger partial charge in [0.2, 0.25) is 0 Å². The number of benzene rings is 1. The molecule has 2 nitrogen and oxygen atoms in total. The predicted octanol–water partition coefficient (Wildman–Crippen LogP) is 3.86. The standard InChI is InChI=1S/C16H15ClN2/c17-13-6-5-12-7-10-19-9-2-4-16(19)14(3-1-8-18)15(12)11-13/h2-7,9-11H,1,8,18H2. The SMILES string of the molecule is NCCC=C1c2cc(Cl)ccc2C=Cn2cccc21. The van der Waals surface area contributed by atoms with Crippen molar-refractivity contribution in [1.82, 2.24) is 4.57 Å². The Bertz CT molecular complexity index is 665. The van der Waals surface area contributed by atoms with Gasteiger partial charge in [-0.15, -0.1) is 0 Å². The van der Waals surface area contributed by atoms with E-state index in [-0.39, 0.29) is 0 Å². The minimum absolute atomic E-state index is 0.646. The third-order valence-corrected chi connectivity index (χ3v) is 3.53. The number of aromatic nitrogens is 1. The highest BCUT2D eigenvalue weighted by atomic mass is 35.5. The van der Waals surface area contributed by atoms with Crippen LogP contribution in [0, 0.1) is 0 Å². The fourth-order valence-electron chi connectivity index (χ4n) is 2.40. The Kier molecular flexibility index (Phi) is 3.28. The topological polar surface area (TPSA) is 30.9 Å². The summed E-state index contributed by atoms with van der Waals surface area (Å²) in [5, 5.41) is 0.755. The molecule has 0 unspecified atom stereocenters. The molecule has 3 rings (SSSR count). The number of rotatable bonds is 2. The number of nitrogens with zero attached hydrogens (tertiary/aromatic N) is 1. The number of fused-ring (bicyclic) bond motifs is 2. The highest BCUT2D eigenvalue weighted by molar-refractivity contribution is 6.30. The van der Waals surface area contributed by atoms with Crippen LogP contribution in [0.5, 0.6) is 0 Å². The maximum atomic E-state index is 6.15. The maximum absolute atomic E-state index is 6.15. The van der Waals surface area contributed by atoms with Gasteiger partial charge in [0.1, 0.15) is 0 Å². The molecule has 0 fully saturated rings.